The number of halogens is 1. The molecule has 1 nitrogen and oxygen atoms in total. The summed E-state index contributed by atoms with van der Waals surface area (Å²) in [6.07, 6.45) is 3.08. The standard InChI is InChI=1S/C7H15FO/c1-3-7(2)5-4-6-9-8/h7H,3-6H2,1-2H3. The minimum atomic E-state index is 0.254. The summed E-state index contributed by atoms with van der Waals surface area (Å²) in [6, 6.07) is 0. The highest BCUT2D eigenvalue weighted by atomic mass is 19.3. The van der Waals surface area contributed by atoms with Gasteiger partial charge in [0.25, 0.3) is 0 Å². The molecular formula is C7H15FO. The first-order valence-electron chi connectivity index (χ1n) is 3.54. The van der Waals surface area contributed by atoms with Crippen molar-refractivity contribution in [2.24, 2.45) is 5.92 Å². The average Bonchev–Trinajstić information content (AvgIpc) is 1.89. The van der Waals surface area contributed by atoms with E-state index in [9.17, 15) is 4.53 Å². The summed E-state index contributed by atoms with van der Waals surface area (Å²) in [4.78, 5) is 3.44. The Labute approximate surface area is 56.1 Å². The van der Waals surface area contributed by atoms with Crippen molar-refractivity contribution in [1.82, 2.24) is 0 Å². The Morgan fingerprint density at radius 3 is 2.67 bits per heavy atom. The van der Waals surface area contributed by atoms with Gasteiger partial charge in [-0.1, -0.05) is 20.3 Å². The molecule has 0 spiro atoms. The maximum atomic E-state index is 11.0. The lowest BCUT2D eigenvalue weighted by atomic mass is 10.0. The smallest absolute Gasteiger partial charge is 0.0876 e. The van der Waals surface area contributed by atoms with Crippen molar-refractivity contribution in [3.05, 3.63) is 0 Å². The molecule has 0 saturated carbocycles. The van der Waals surface area contributed by atoms with E-state index in [1.165, 1.54) is 6.42 Å². The molecule has 0 heterocycles. The third-order valence-corrected chi connectivity index (χ3v) is 1.62. The molecule has 9 heavy (non-hydrogen) atoms. The Morgan fingerprint density at radius 1 is 1.56 bits per heavy atom. The lowest BCUT2D eigenvalue weighted by Gasteiger charge is -2.04. The highest BCUT2D eigenvalue weighted by molar-refractivity contribution is 4.48. The van der Waals surface area contributed by atoms with E-state index in [-0.39, 0.29) is 6.61 Å². The topological polar surface area (TPSA) is 9.23 Å². The van der Waals surface area contributed by atoms with Crippen LogP contribution in [0.1, 0.15) is 33.1 Å². The molecule has 0 aliphatic heterocycles. The molecule has 1 unspecified atom stereocenters. The molecule has 0 amide bonds. The van der Waals surface area contributed by atoms with E-state index in [1.807, 2.05) is 0 Å². The predicted molar refractivity (Wildman–Crippen MR) is 35.7 cm³/mol. The van der Waals surface area contributed by atoms with Crippen LogP contribution in [0.5, 0.6) is 0 Å². The molecule has 1 atom stereocenters. The van der Waals surface area contributed by atoms with Crippen LogP contribution in [0.2, 0.25) is 0 Å². The number of hydrogen-bond donors (Lipinski definition) is 0. The Kier molecular flexibility index (Phi) is 5.94. The first-order chi connectivity index (χ1) is 4.31. The largest absolute Gasteiger partial charge is 0.194 e. The molecule has 2 heteroatoms. The molecule has 0 aromatic rings. The first kappa shape index (κ1) is 8.89. The van der Waals surface area contributed by atoms with Gasteiger partial charge in [-0.25, -0.2) is 0 Å². The quantitative estimate of drug-likeness (QED) is 0.525. The third kappa shape index (κ3) is 5.77. The Balaban J connectivity index is 2.88. The normalized spacial score (nSPS) is 13.7. The van der Waals surface area contributed by atoms with Crippen molar-refractivity contribution in [1.29, 1.82) is 0 Å². The molecule has 0 rings (SSSR count). The van der Waals surface area contributed by atoms with Gasteiger partial charge in [0.2, 0.25) is 0 Å². The maximum Gasteiger partial charge on any atom is 0.0876 e. The molecule has 0 radical (unpaired) electrons. The van der Waals surface area contributed by atoms with Gasteiger partial charge in [0.05, 0.1) is 6.61 Å². The second-order valence-electron chi connectivity index (χ2n) is 2.47. The Morgan fingerprint density at radius 2 is 2.22 bits per heavy atom. The minimum Gasteiger partial charge on any atom is -0.194 e. The monoisotopic (exact) mass is 134 g/mol. The van der Waals surface area contributed by atoms with Crippen molar-refractivity contribution < 1.29 is 9.47 Å². The van der Waals surface area contributed by atoms with E-state index in [4.69, 9.17) is 0 Å². The van der Waals surface area contributed by atoms with E-state index >= 15 is 0 Å². The number of hydrogen-bond acceptors (Lipinski definition) is 1. The van der Waals surface area contributed by atoms with Crippen LogP contribution in [0.15, 0.2) is 0 Å². The average molecular weight is 134 g/mol. The highest BCUT2D eigenvalue weighted by Crippen LogP contribution is 2.08. The summed E-state index contributed by atoms with van der Waals surface area (Å²) < 4.78 is 11.0. The van der Waals surface area contributed by atoms with Crippen LogP contribution >= 0.6 is 0 Å². The van der Waals surface area contributed by atoms with Gasteiger partial charge in [-0.05, 0) is 23.3 Å². The SMILES string of the molecule is CCC(C)CCCOF. The van der Waals surface area contributed by atoms with Gasteiger partial charge in [-0.15, -0.1) is 0 Å². The summed E-state index contributed by atoms with van der Waals surface area (Å²) in [7, 11) is 0. The van der Waals surface area contributed by atoms with E-state index in [2.05, 4.69) is 18.8 Å². The second kappa shape index (κ2) is 6.02. The summed E-state index contributed by atoms with van der Waals surface area (Å²) in [5, 5.41) is 0. The highest BCUT2D eigenvalue weighted by Gasteiger charge is 1.96. The lowest BCUT2D eigenvalue weighted by Crippen LogP contribution is -1.94. The molecule has 0 saturated heterocycles. The summed E-state index contributed by atoms with van der Waals surface area (Å²) in [6.45, 7) is 4.56. The van der Waals surface area contributed by atoms with Crippen molar-refractivity contribution in [2.75, 3.05) is 6.61 Å². The van der Waals surface area contributed by atoms with E-state index < -0.39 is 0 Å². The zero-order valence-electron chi connectivity index (χ0n) is 6.19. The molecule has 0 N–H and O–H groups in total. The molecule has 56 valence electrons. The molecule has 0 aliphatic carbocycles. The second-order valence-corrected chi connectivity index (χ2v) is 2.47. The van der Waals surface area contributed by atoms with Crippen molar-refractivity contribution >= 4 is 0 Å². The molecular weight excluding hydrogens is 119 g/mol. The van der Waals surface area contributed by atoms with E-state index in [0.717, 1.165) is 12.8 Å². The predicted octanol–water partition coefficient (Wildman–Crippen LogP) is 2.71. The molecule has 0 aromatic heterocycles. The summed E-state index contributed by atoms with van der Waals surface area (Å²) in [5.74, 6) is 0.708. The Bertz CT molecular complexity index is 56.9. The van der Waals surface area contributed by atoms with Gasteiger partial charge in [0.15, 0.2) is 0 Å². The fourth-order valence-electron chi connectivity index (χ4n) is 0.690. The summed E-state index contributed by atoms with van der Waals surface area (Å²) in [5.41, 5.74) is 0. The number of rotatable bonds is 5. The fraction of sp³-hybridized carbons (Fsp3) is 1.00. The summed E-state index contributed by atoms with van der Waals surface area (Å²) >= 11 is 0. The van der Waals surface area contributed by atoms with Gasteiger partial charge < -0.3 is 0 Å². The Hall–Kier alpha value is -0.110. The van der Waals surface area contributed by atoms with Gasteiger partial charge in [-0.3, -0.25) is 0 Å². The van der Waals surface area contributed by atoms with Gasteiger partial charge in [0, 0.05) is 0 Å². The van der Waals surface area contributed by atoms with Crippen LogP contribution in [0.25, 0.3) is 0 Å². The zero-order chi connectivity index (χ0) is 7.11. The van der Waals surface area contributed by atoms with Crippen LogP contribution in [-0.4, -0.2) is 6.61 Å². The maximum absolute atomic E-state index is 11.0. The molecule has 0 bridgehead atoms. The van der Waals surface area contributed by atoms with Crippen LogP contribution in [0.3, 0.4) is 0 Å². The van der Waals surface area contributed by atoms with E-state index in [0.29, 0.717) is 5.92 Å². The van der Waals surface area contributed by atoms with Crippen LogP contribution < -0.4 is 0 Å². The molecule has 0 fully saturated rings. The lowest BCUT2D eigenvalue weighted by molar-refractivity contribution is -0.133. The van der Waals surface area contributed by atoms with Gasteiger partial charge >= 0.3 is 0 Å². The fourth-order valence-corrected chi connectivity index (χ4v) is 0.690. The van der Waals surface area contributed by atoms with E-state index in [1.54, 1.807) is 0 Å². The van der Waals surface area contributed by atoms with Gasteiger partial charge in [0.1, 0.15) is 0 Å². The van der Waals surface area contributed by atoms with Crippen molar-refractivity contribution in [2.45, 2.75) is 33.1 Å². The zero-order valence-corrected chi connectivity index (χ0v) is 6.19. The third-order valence-electron chi connectivity index (χ3n) is 1.62. The minimum absolute atomic E-state index is 0.254. The van der Waals surface area contributed by atoms with Crippen LogP contribution in [-0.2, 0) is 4.94 Å². The molecule has 0 aromatic carbocycles. The van der Waals surface area contributed by atoms with Crippen molar-refractivity contribution in [3.8, 4) is 0 Å². The molecule has 0 aliphatic rings. The van der Waals surface area contributed by atoms with Gasteiger partial charge in [-0.2, -0.15) is 4.94 Å². The van der Waals surface area contributed by atoms with Crippen molar-refractivity contribution in [3.63, 3.8) is 0 Å². The first-order valence-corrected chi connectivity index (χ1v) is 3.54. The van der Waals surface area contributed by atoms with Crippen LogP contribution in [0.4, 0.5) is 4.53 Å². The van der Waals surface area contributed by atoms with Crippen LogP contribution in [0, 0.1) is 5.92 Å².